The molecular formula is C23H25ClN2O3. The van der Waals surface area contributed by atoms with Crippen LogP contribution in [0.25, 0.3) is 11.1 Å². The van der Waals surface area contributed by atoms with Gasteiger partial charge >= 0.3 is 5.97 Å². The number of aliphatic hydroxyl groups is 1. The molecule has 0 unspecified atom stereocenters. The minimum atomic E-state index is -0.386. The number of halogens is 1. The van der Waals surface area contributed by atoms with Gasteiger partial charge in [-0.2, -0.15) is 0 Å². The minimum absolute atomic E-state index is 0.191. The molecule has 1 aromatic heterocycles. The van der Waals surface area contributed by atoms with Crippen molar-refractivity contribution in [3.05, 3.63) is 76.3 Å². The zero-order chi connectivity index (χ0) is 20.8. The van der Waals surface area contributed by atoms with Crippen molar-refractivity contribution < 1.29 is 14.6 Å². The zero-order valence-corrected chi connectivity index (χ0v) is 17.4. The van der Waals surface area contributed by atoms with Gasteiger partial charge in [-0.3, -0.25) is 0 Å². The van der Waals surface area contributed by atoms with Gasteiger partial charge in [0.1, 0.15) is 5.82 Å². The Morgan fingerprint density at radius 2 is 1.97 bits per heavy atom. The first kappa shape index (κ1) is 21.1. The molecule has 0 amide bonds. The number of carbonyl (C=O) groups excluding carboxylic acids is 1. The zero-order valence-electron chi connectivity index (χ0n) is 16.7. The summed E-state index contributed by atoms with van der Waals surface area (Å²) in [5.41, 5.74) is 3.77. The average Bonchev–Trinajstić information content (AvgIpc) is 3.06. The first-order chi connectivity index (χ1) is 14.1. The maximum Gasteiger partial charge on any atom is 0.338 e. The number of aryl methyl sites for hydroxylation is 1. The summed E-state index contributed by atoms with van der Waals surface area (Å²) in [5.74, 6) is 0.454. The Morgan fingerprint density at radius 1 is 1.21 bits per heavy atom. The molecule has 152 valence electrons. The number of hydrogen-bond acceptors (Lipinski definition) is 4. The number of aliphatic hydroxyl groups excluding tert-OH is 1. The number of imidazole rings is 1. The topological polar surface area (TPSA) is 64.4 Å². The quantitative estimate of drug-likeness (QED) is 0.536. The van der Waals surface area contributed by atoms with Gasteiger partial charge in [0.05, 0.1) is 25.0 Å². The highest BCUT2D eigenvalue weighted by Gasteiger charge is 2.18. The van der Waals surface area contributed by atoms with Crippen molar-refractivity contribution in [2.24, 2.45) is 0 Å². The highest BCUT2D eigenvalue weighted by atomic mass is 35.5. The van der Waals surface area contributed by atoms with E-state index in [0.717, 1.165) is 41.8 Å². The third-order valence-electron chi connectivity index (χ3n) is 4.92. The molecule has 3 rings (SSSR count). The molecule has 0 radical (unpaired) electrons. The van der Waals surface area contributed by atoms with Gasteiger partial charge in [0.15, 0.2) is 5.15 Å². The second-order valence-electron chi connectivity index (χ2n) is 6.85. The second kappa shape index (κ2) is 9.72. The van der Waals surface area contributed by atoms with E-state index >= 15 is 0 Å². The van der Waals surface area contributed by atoms with E-state index in [1.807, 2.05) is 53.1 Å². The van der Waals surface area contributed by atoms with Crippen molar-refractivity contribution in [1.29, 1.82) is 0 Å². The first-order valence-corrected chi connectivity index (χ1v) is 10.1. The second-order valence-corrected chi connectivity index (χ2v) is 7.21. The normalized spacial score (nSPS) is 10.9. The SMILES string of the molecule is CCCCc1nc(Cl)c(CO)n1Cc1ccc(-c2ccccc2)c(C(=O)OC)c1. The third kappa shape index (κ3) is 4.69. The smallest absolute Gasteiger partial charge is 0.338 e. The van der Waals surface area contributed by atoms with Crippen LogP contribution in [-0.4, -0.2) is 27.7 Å². The largest absolute Gasteiger partial charge is 0.465 e. The Labute approximate surface area is 175 Å². The van der Waals surface area contributed by atoms with E-state index in [1.165, 1.54) is 7.11 Å². The van der Waals surface area contributed by atoms with E-state index in [4.69, 9.17) is 16.3 Å². The van der Waals surface area contributed by atoms with Crippen LogP contribution in [0.15, 0.2) is 48.5 Å². The van der Waals surface area contributed by atoms with E-state index in [1.54, 1.807) is 0 Å². The summed E-state index contributed by atoms with van der Waals surface area (Å²) in [5, 5.41) is 10.1. The molecule has 0 aliphatic rings. The molecule has 0 saturated carbocycles. The van der Waals surface area contributed by atoms with Crippen molar-refractivity contribution in [3.63, 3.8) is 0 Å². The minimum Gasteiger partial charge on any atom is -0.465 e. The van der Waals surface area contributed by atoms with Crippen molar-refractivity contribution in [1.82, 2.24) is 9.55 Å². The Hall–Kier alpha value is -2.63. The van der Waals surface area contributed by atoms with Gasteiger partial charge in [0, 0.05) is 13.0 Å². The number of carbonyl (C=O) groups is 1. The van der Waals surface area contributed by atoms with Gasteiger partial charge in [0.25, 0.3) is 0 Å². The molecular weight excluding hydrogens is 388 g/mol. The standard InChI is InChI=1S/C23H25ClN2O3/c1-3-4-10-21-25-22(24)20(15-27)26(21)14-16-11-12-18(17-8-6-5-7-9-17)19(13-16)23(28)29-2/h5-9,11-13,27H,3-4,10,14-15H2,1-2H3. The fourth-order valence-corrected chi connectivity index (χ4v) is 3.65. The van der Waals surface area contributed by atoms with Crippen LogP contribution in [0.4, 0.5) is 0 Å². The molecule has 0 saturated heterocycles. The van der Waals surface area contributed by atoms with Crippen molar-refractivity contribution in [2.45, 2.75) is 39.3 Å². The number of unbranched alkanes of at least 4 members (excludes halogenated alkanes) is 1. The maximum atomic E-state index is 12.4. The fraction of sp³-hybridized carbons (Fsp3) is 0.304. The van der Waals surface area contributed by atoms with Gasteiger partial charge in [-0.05, 0) is 29.2 Å². The van der Waals surface area contributed by atoms with Crippen LogP contribution in [0.1, 0.15) is 47.2 Å². The van der Waals surface area contributed by atoms with E-state index in [9.17, 15) is 9.90 Å². The van der Waals surface area contributed by atoms with Gasteiger partial charge in [0.2, 0.25) is 0 Å². The number of rotatable bonds is 8. The van der Waals surface area contributed by atoms with Gasteiger partial charge < -0.3 is 14.4 Å². The number of ether oxygens (including phenoxy) is 1. The Bertz CT molecular complexity index is 983. The molecule has 0 aliphatic heterocycles. The lowest BCUT2D eigenvalue weighted by Crippen LogP contribution is -2.11. The molecule has 2 aromatic carbocycles. The van der Waals surface area contributed by atoms with Crippen LogP contribution >= 0.6 is 11.6 Å². The average molecular weight is 413 g/mol. The van der Waals surface area contributed by atoms with E-state index < -0.39 is 0 Å². The van der Waals surface area contributed by atoms with Crippen LogP contribution in [0.3, 0.4) is 0 Å². The first-order valence-electron chi connectivity index (χ1n) is 9.70. The molecule has 6 heteroatoms. The summed E-state index contributed by atoms with van der Waals surface area (Å²) in [7, 11) is 1.38. The molecule has 0 fully saturated rings. The van der Waals surface area contributed by atoms with Crippen LogP contribution in [-0.2, 0) is 24.3 Å². The van der Waals surface area contributed by atoms with Gasteiger partial charge in [-0.15, -0.1) is 0 Å². The van der Waals surface area contributed by atoms with E-state index in [2.05, 4.69) is 11.9 Å². The van der Waals surface area contributed by atoms with Crippen molar-refractivity contribution in [3.8, 4) is 11.1 Å². The van der Waals surface area contributed by atoms with Crippen LogP contribution in [0, 0.1) is 0 Å². The monoisotopic (exact) mass is 412 g/mol. The maximum absolute atomic E-state index is 12.4. The Balaban J connectivity index is 2.02. The predicted molar refractivity (Wildman–Crippen MR) is 114 cm³/mol. The number of hydrogen-bond donors (Lipinski definition) is 1. The molecule has 0 atom stereocenters. The number of esters is 1. The Morgan fingerprint density at radius 3 is 2.62 bits per heavy atom. The highest BCUT2D eigenvalue weighted by molar-refractivity contribution is 6.30. The lowest BCUT2D eigenvalue weighted by molar-refractivity contribution is 0.0601. The fourth-order valence-electron chi connectivity index (χ4n) is 3.39. The molecule has 5 nitrogen and oxygen atoms in total. The van der Waals surface area contributed by atoms with E-state index in [-0.39, 0.29) is 12.6 Å². The van der Waals surface area contributed by atoms with Crippen LogP contribution < -0.4 is 0 Å². The molecule has 0 aliphatic carbocycles. The third-order valence-corrected chi connectivity index (χ3v) is 5.22. The van der Waals surface area contributed by atoms with Gasteiger partial charge in [-0.25, -0.2) is 9.78 Å². The van der Waals surface area contributed by atoms with Gasteiger partial charge in [-0.1, -0.05) is 67.4 Å². The van der Waals surface area contributed by atoms with Crippen LogP contribution in [0.2, 0.25) is 5.15 Å². The van der Waals surface area contributed by atoms with Crippen LogP contribution in [0.5, 0.6) is 0 Å². The summed E-state index contributed by atoms with van der Waals surface area (Å²) in [6, 6.07) is 15.5. The van der Waals surface area contributed by atoms with Crippen molar-refractivity contribution >= 4 is 17.6 Å². The molecule has 0 spiro atoms. The number of nitrogens with zero attached hydrogens (tertiary/aromatic N) is 2. The molecule has 1 heterocycles. The predicted octanol–water partition coefficient (Wildman–Crippen LogP) is 4.87. The lowest BCUT2D eigenvalue weighted by atomic mass is 9.97. The summed E-state index contributed by atoms with van der Waals surface area (Å²) < 4.78 is 6.95. The Kier molecular flexibility index (Phi) is 7.07. The summed E-state index contributed by atoms with van der Waals surface area (Å²) in [6.07, 6.45) is 2.80. The molecule has 1 N–H and O–H groups in total. The molecule has 29 heavy (non-hydrogen) atoms. The summed E-state index contributed by atoms with van der Waals surface area (Å²) in [4.78, 5) is 16.9. The number of aromatic nitrogens is 2. The lowest BCUT2D eigenvalue weighted by Gasteiger charge is -2.14. The summed E-state index contributed by atoms with van der Waals surface area (Å²) >= 11 is 6.24. The molecule has 3 aromatic rings. The number of methoxy groups -OCH3 is 1. The van der Waals surface area contributed by atoms with Crippen molar-refractivity contribution in [2.75, 3.05) is 7.11 Å². The summed E-state index contributed by atoms with van der Waals surface area (Å²) in [6.45, 7) is 2.39. The highest BCUT2D eigenvalue weighted by Crippen LogP contribution is 2.27. The molecule has 0 bridgehead atoms. The number of benzene rings is 2. The van der Waals surface area contributed by atoms with E-state index in [0.29, 0.717) is 23.0 Å².